The second-order valence-electron chi connectivity index (χ2n) is 3.59. The van der Waals surface area contributed by atoms with Crippen molar-refractivity contribution in [3.05, 3.63) is 17.8 Å². The Kier molecular flexibility index (Phi) is 2.08. The van der Waals surface area contributed by atoms with Crippen molar-refractivity contribution in [2.24, 2.45) is 0 Å². The van der Waals surface area contributed by atoms with Gasteiger partial charge in [-0.15, -0.1) is 0 Å². The third-order valence-electron chi connectivity index (χ3n) is 2.38. The second-order valence-corrected chi connectivity index (χ2v) is 3.59. The van der Waals surface area contributed by atoms with E-state index >= 15 is 0 Å². The summed E-state index contributed by atoms with van der Waals surface area (Å²) < 4.78 is 0. The van der Waals surface area contributed by atoms with Crippen LogP contribution in [0.15, 0.2) is 12.3 Å². The van der Waals surface area contributed by atoms with E-state index < -0.39 is 0 Å². The molecule has 0 fully saturated rings. The lowest BCUT2D eigenvalue weighted by atomic mass is 10.0. The topological polar surface area (TPSA) is 28.2 Å². The number of rotatable bonds is 1. The summed E-state index contributed by atoms with van der Waals surface area (Å²) in [6, 6.07) is 2.06. The lowest BCUT2D eigenvalue weighted by Gasteiger charge is -2.23. The first-order chi connectivity index (χ1) is 6.29. The Morgan fingerprint density at radius 2 is 2.31 bits per heavy atom. The Morgan fingerprint density at radius 1 is 1.46 bits per heavy atom. The van der Waals surface area contributed by atoms with Crippen molar-refractivity contribution in [3.8, 4) is 0 Å². The highest BCUT2D eigenvalue weighted by atomic mass is 15.1. The fourth-order valence-electron chi connectivity index (χ4n) is 1.77. The third kappa shape index (κ3) is 1.46. The van der Waals surface area contributed by atoms with E-state index in [0.29, 0.717) is 0 Å². The zero-order chi connectivity index (χ0) is 9.26. The summed E-state index contributed by atoms with van der Waals surface area (Å²) in [6.45, 7) is 1.09. The molecule has 0 unspecified atom stereocenters. The molecule has 0 atom stereocenters. The standard InChI is InChI=1S/C10H15N3/c1-13(2)10-8-4-3-6-11-9(8)5-7-12-10/h5,7,11H,3-4,6H2,1-2H3. The summed E-state index contributed by atoms with van der Waals surface area (Å²) in [5.41, 5.74) is 2.61. The average molecular weight is 177 g/mol. The number of anilines is 2. The van der Waals surface area contributed by atoms with E-state index in [9.17, 15) is 0 Å². The van der Waals surface area contributed by atoms with Crippen LogP contribution in [-0.4, -0.2) is 25.6 Å². The van der Waals surface area contributed by atoms with Gasteiger partial charge in [-0.3, -0.25) is 0 Å². The Balaban J connectivity index is 2.46. The van der Waals surface area contributed by atoms with Gasteiger partial charge in [-0.25, -0.2) is 4.98 Å². The maximum atomic E-state index is 4.38. The van der Waals surface area contributed by atoms with Gasteiger partial charge in [-0.05, 0) is 18.9 Å². The molecule has 1 aliphatic rings. The Morgan fingerprint density at radius 3 is 3.08 bits per heavy atom. The molecule has 0 aromatic carbocycles. The van der Waals surface area contributed by atoms with Crippen LogP contribution in [0.2, 0.25) is 0 Å². The van der Waals surface area contributed by atoms with E-state index in [0.717, 1.165) is 18.8 Å². The lowest BCUT2D eigenvalue weighted by Crippen LogP contribution is -2.18. The molecule has 3 heteroatoms. The van der Waals surface area contributed by atoms with Crippen LogP contribution in [0.3, 0.4) is 0 Å². The molecule has 0 bridgehead atoms. The molecule has 1 N–H and O–H groups in total. The van der Waals surface area contributed by atoms with E-state index in [2.05, 4.69) is 21.3 Å². The van der Waals surface area contributed by atoms with Gasteiger partial charge in [0.05, 0.1) is 0 Å². The largest absolute Gasteiger partial charge is 0.385 e. The van der Waals surface area contributed by atoms with Crippen molar-refractivity contribution in [1.29, 1.82) is 0 Å². The number of pyridine rings is 1. The second kappa shape index (κ2) is 3.24. The summed E-state index contributed by atoms with van der Waals surface area (Å²) in [4.78, 5) is 6.45. The molecular formula is C10H15N3. The van der Waals surface area contributed by atoms with Gasteiger partial charge < -0.3 is 10.2 Å². The van der Waals surface area contributed by atoms with Crippen LogP contribution < -0.4 is 10.2 Å². The quantitative estimate of drug-likeness (QED) is 0.704. The lowest BCUT2D eigenvalue weighted by molar-refractivity contribution is 0.818. The zero-order valence-corrected chi connectivity index (χ0v) is 8.17. The SMILES string of the molecule is CN(C)c1nccc2c1CCCN2. The van der Waals surface area contributed by atoms with Crippen LogP contribution in [0.25, 0.3) is 0 Å². The molecule has 70 valence electrons. The number of nitrogens with one attached hydrogen (secondary N) is 1. The molecule has 0 aliphatic carbocycles. The van der Waals surface area contributed by atoms with Crippen LogP contribution in [0.5, 0.6) is 0 Å². The molecule has 1 aromatic rings. The first-order valence-electron chi connectivity index (χ1n) is 4.68. The molecule has 1 aromatic heterocycles. The fraction of sp³-hybridized carbons (Fsp3) is 0.500. The molecule has 3 nitrogen and oxygen atoms in total. The normalized spacial score (nSPS) is 14.6. The summed E-state index contributed by atoms with van der Waals surface area (Å²) in [6.07, 6.45) is 4.22. The molecule has 0 amide bonds. The zero-order valence-electron chi connectivity index (χ0n) is 8.17. The summed E-state index contributed by atoms with van der Waals surface area (Å²) in [5.74, 6) is 1.10. The first kappa shape index (κ1) is 8.35. The number of hydrogen-bond acceptors (Lipinski definition) is 3. The smallest absolute Gasteiger partial charge is 0.133 e. The van der Waals surface area contributed by atoms with Gasteiger partial charge in [-0.1, -0.05) is 0 Å². The molecule has 0 saturated heterocycles. The summed E-state index contributed by atoms with van der Waals surface area (Å²) in [7, 11) is 4.08. The number of nitrogens with zero attached hydrogens (tertiary/aromatic N) is 2. The molecule has 1 aliphatic heterocycles. The van der Waals surface area contributed by atoms with E-state index in [1.807, 2.05) is 20.3 Å². The van der Waals surface area contributed by atoms with Crippen LogP contribution in [0.4, 0.5) is 11.5 Å². The van der Waals surface area contributed by atoms with Gasteiger partial charge >= 0.3 is 0 Å². The number of hydrogen-bond donors (Lipinski definition) is 1. The van der Waals surface area contributed by atoms with E-state index in [1.54, 1.807) is 0 Å². The summed E-state index contributed by atoms with van der Waals surface area (Å²) in [5, 5.41) is 3.39. The van der Waals surface area contributed by atoms with Gasteiger partial charge in [0.2, 0.25) is 0 Å². The maximum absolute atomic E-state index is 4.38. The minimum Gasteiger partial charge on any atom is -0.385 e. The number of aromatic nitrogens is 1. The highest BCUT2D eigenvalue weighted by molar-refractivity contribution is 5.63. The van der Waals surface area contributed by atoms with Gasteiger partial charge in [0.25, 0.3) is 0 Å². The predicted octanol–water partition coefficient (Wildman–Crippen LogP) is 1.51. The maximum Gasteiger partial charge on any atom is 0.133 e. The van der Waals surface area contributed by atoms with Crippen LogP contribution >= 0.6 is 0 Å². The van der Waals surface area contributed by atoms with Crippen molar-refractivity contribution in [2.75, 3.05) is 30.9 Å². The Hall–Kier alpha value is -1.25. The van der Waals surface area contributed by atoms with Crippen LogP contribution in [-0.2, 0) is 6.42 Å². The van der Waals surface area contributed by atoms with Crippen molar-refractivity contribution in [3.63, 3.8) is 0 Å². The van der Waals surface area contributed by atoms with Gasteiger partial charge in [0, 0.05) is 38.1 Å². The van der Waals surface area contributed by atoms with Crippen LogP contribution in [0.1, 0.15) is 12.0 Å². The highest BCUT2D eigenvalue weighted by Crippen LogP contribution is 2.27. The van der Waals surface area contributed by atoms with Gasteiger partial charge in [0.15, 0.2) is 0 Å². The van der Waals surface area contributed by atoms with E-state index in [1.165, 1.54) is 17.7 Å². The first-order valence-corrected chi connectivity index (χ1v) is 4.68. The minimum absolute atomic E-state index is 1.09. The van der Waals surface area contributed by atoms with Gasteiger partial charge in [-0.2, -0.15) is 0 Å². The monoisotopic (exact) mass is 177 g/mol. The summed E-state index contributed by atoms with van der Waals surface area (Å²) >= 11 is 0. The average Bonchev–Trinajstić information content (AvgIpc) is 2.17. The van der Waals surface area contributed by atoms with Gasteiger partial charge in [0.1, 0.15) is 5.82 Å². The molecule has 13 heavy (non-hydrogen) atoms. The minimum atomic E-state index is 1.09. The van der Waals surface area contributed by atoms with Crippen LogP contribution in [0, 0.1) is 0 Å². The fourth-order valence-corrected chi connectivity index (χ4v) is 1.77. The highest BCUT2D eigenvalue weighted by Gasteiger charge is 2.14. The molecule has 0 saturated carbocycles. The Labute approximate surface area is 78.8 Å². The molecule has 2 heterocycles. The van der Waals surface area contributed by atoms with Crippen molar-refractivity contribution in [2.45, 2.75) is 12.8 Å². The third-order valence-corrected chi connectivity index (χ3v) is 2.38. The van der Waals surface area contributed by atoms with E-state index in [4.69, 9.17) is 0 Å². The van der Waals surface area contributed by atoms with E-state index in [-0.39, 0.29) is 0 Å². The molecule has 0 radical (unpaired) electrons. The molecule has 2 rings (SSSR count). The molecular weight excluding hydrogens is 162 g/mol. The predicted molar refractivity (Wildman–Crippen MR) is 55.4 cm³/mol. The van der Waals surface area contributed by atoms with Crippen molar-refractivity contribution >= 4 is 11.5 Å². The number of fused-ring (bicyclic) bond motifs is 1. The van der Waals surface area contributed by atoms with Crippen molar-refractivity contribution in [1.82, 2.24) is 4.98 Å². The molecule has 0 spiro atoms. The Bertz CT molecular complexity index is 307. The van der Waals surface area contributed by atoms with Crippen molar-refractivity contribution < 1.29 is 0 Å².